The number of nitrogen functional groups attached to an aromatic ring is 1. The number of anilines is 1. The van der Waals surface area contributed by atoms with E-state index in [1.165, 1.54) is 7.11 Å². The SMILES string of the molecule is COC(=O)c1cc2ccc(Br)cc2nc1N. The van der Waals surface area contributed by atoms with Gasteiger partial charge in [0, 0.05) is 9.86 Å². The number of halogens is 1. The van der Waals surface area contributed by atoms with Gasteiger partial charge in [-0.1, -0.05) is 22.0 Å². The summed E-state index contributed by atoms with van der Waals surface area (Å²) in [5.41, 5.74) is 6.71. The third kappa shape index (κ3) is 1.86. The van der Waals surface area contributed by atoms with Gasteiger partial charge < -0.3 is 10.5 Å². The molecule has 16 heavy (non-hydrogen) atoms. The maximum atomic E-state index is 11.4. The number of rotatable bonds is 1. The summed E-state index contributed by atoms with van der Waals surface area (Å²) in [7, 11) is 1.31. The van der Waals surface area contributed by atoms with Crippen molar-refractivity contribution in [3.05, 3.63) is 34.3 Å². The summed E-state index contributed by atoms with van der Waals surface area (Å²) in [5, 5.41) is 0.845. The fraction of sp³-hybridized carbons (Fsp3) is 0.0909. The number of methoxy groups -OCH3 is 1. The maximum Gasteiger partial charge on any atom is 0.341 e. The van der Waals surface area contributed by atoms with Crippen molar-refractivity contribution >= 4 is 38.6 Å². The first-order valence-electron chi connectivity index (χ1n) is 4.56. The molecule has 0 aliphatic rings. The van der Waals surface area contributed by atoms with E-state index in [4.69, 9.17) is 5.73 Å². The van der Waals surface area contributed by atoms with Crippen LogP contribution < -0.4 is 5.73 Å². The van der Waals surface area contributed by atoms with Gasteiger partial charge in [-0.2, -0.15) is 0 Å². The molecule has 82 valence electrons. The zero-order valence-electron chi connectivity index (χ0n) is 8.53. The van der Waals surface area contributed by atoms with Crippen LogP contribution in [0.3, 0.4) is 0 Å². The second kappa shape index (κ2) is 4.09. The van der Waals surface area contributed by atoms with Crippen LogP contribution in [0.5, 0.6) is 0 Å². The molecule has 0 bridgehead atoms. The molecule has 1 aromatic heterocycles. The average molecular weight is 281 g/mol. The van der Waals surface area contributed by atoms with E-state index in [1.54, 1.807) is 6.07 Å². The van der Waals surface area contributed by atoms with Gasteiger partial charge in [-0.15, -0.1) is 0 Å². The van der Waals surface area contributed by atoms with Crippen LogP contribution in [0.1, 0.15) is 10.4 Å². The predicted molar refractivity (Wildman–Crippen MR) is 65.2 cm³/mol. The normalized spacial score (nSPS) is 10.4. The number of benzene rings is 1. The van der Waals surface area contributed by atoms with E-state index in [9.17, 15) is 4.79 Å². The number of carbonyl (C=O) groups is 1. The number of nitrogens with two attached hydrogens (primary N) is 1. The minimum absolute atomic E-state index is 0.178. The van der Waals surface area contributed by atoms with E-state index in [1.807, 2.05) is 18.2 Å². The molecule has 1 heterocycles. The Labute approximate surface area is 101 Å². The van der Waals surface area contributed by atoms with Crippen molar-refractivity contribution in [2.45, 2.75) is 0 Å². The molecule has 0 fully saturated rings. The monoisotopic (exact) mass is 280 g/mol. The first kappa shape index (κ1) is 10.9. The zero-order chi connectivity index (χ0) is 11.7. The van der Waals surface area contributed by atoms with Crippen LogP contribution in [0, 0.1) is 0 Å². The highest BCUT2D eigenvalue weighted by molar-refractivity contribution is 9.10. The van der Waals surface area contributed by atoms with Crippen molar-refractivity contribution in [2.24, 2.45) is 0 Å². The van der Waals surface area contributed by atoms with E-state index < -0.39 is 5.97 Å². The van der Waals surface area contributed by atoms with Gasteiger partial charge in [0.05, 0.1) is 12.6 Å². The first-order valence-corrected chi connectivity index (χ1v) is 5.35. The number of carbonyl (C=O) groups excluding carboxylic acids is 1. The summed E-state index contributed by atoms with van der Waals surface area (Å²) in [5.74, 6) is -0.299. The number of nitrogens with zero attached hydrogens (tertiary/aromatic N) is 1. The van der Waals surface area contributed by atoms with Gasteiger partial charge >= 0.3 is 5.97 Å². The smallest absolute Gasteiger partial charge is 0.341 e. The van der Waals surface area contributed by atoms with E-state index in [0.29, 0.717) is 0 Å². The van der Waals surface area contributed by atoms with Crippen LogP contribution in [-0.4, -0.2) is 18.1 Å². The van der Waals surface area contributed by atoms with Gasteiger partial charge in [-0.25, -0.2) is 9.78 Å². The third-order valence-electron chi connectivity index (χ3n) is 2.21. The summed E-state index contributed by atoms with van der Waals surface area (Å²) in [6.07, 6.45) is 0. The van der Waals surface area contributed by atoms with E-state index in [-0.39, 0.29) is 11.4 Å². The first-order chi connectivity index (χ1) is 7.61. The predicted octanol–water partition coefficient (Wildman–Crippen LogP) is 2.37. The lowest BCUT2D eigenvalue weighted by molar-refractivity contribution is 0.0602. The Hall–Kier alpha value is -1.62. The standard InChI is InChI=1S/C11H9BrN2O2/c1-16-11(15)8-4-6-2-3-7(12)5-9(6)14-10(8)13/h2-5H,1H3,(H2,13,14). The number of ether oxygens (including phenoxy) is 1. The molecule has 2 rings (SSSR count). The second-order valence-electron chi connectivity index (χ2n) is 3.25. The molecule has 0 spiro atoms. The summed E-state index contributed by atoms with van der Waals surface area (Å²) in [6, 6.07) is 7.25. The van der Waals surface area contributed by atoms with Crippen molar-refractivity contribution in [1.82, 2.24) is 4.98 Å². The number of hydrogen-bond acceptors (Lipinski definition) is 4. The summed E-state index contributed by atoms with van der Waals surface area (Å²) in [6.45, 7) is 0. The molecule has 4 nitrogen and oxygen atoms in total. The third-order valence-corrected chi connectivity index (χ3v) is 2.71. The van der Waals surface area contributed by atoms with Crippen molar-refractivity contribution < 1.29 is 9.53 Å². The fourth-order valence-corrected chi connectivity index (χ4v) is 1.78. The highest BCUT2D eigenvalue weighted by Crippen LogP contribution is 2.22. The number of pyridine rings is 1. The molecule has 0 aliphatic heterocycles. The van der Waals surface area contributed by atoms with E-state index in [0.717, 1.165) is 15.4 Å². The Morgan fingerprint density at radius 1 is 1.44 bits per heavy atom. The van der Waals surface area contributed by atoms with Crippen LogP contribution in [0.2, 0.25) is 0 Å². The summed E-state index contributed by atoms with van der Waals surface area (Å²) in [4.78, 5) is 15.5. The van der Waals surface area contributed by atoms with Crippen LogP contribution >= 0.6 is 15.9 Å². The highest BCUT2D eigenvalue weighted by atomic mass is 79.9. The molecular weight excluding hydrogens is 272 g/mol. The Morgan fingerprint density at radius 3 is 2.88 bits per heavy atom. The quantitative estimate of drug-likeness (QED) is 0.815. The zero-order valence-corrected chi connectivity index (χ0v) is 10.1. The second-order valence-corrected chi connectivity index (χ2v) is 4.17. The number of esters is 1. The van der Waals surface area contributed by atoms with Crippen LogP contribution in [0.15, 0.2) is 28.7 Å². The maximum absolute atomic E-state index is 11.4. The Bertz CT molecular complexity index is 569. The van der Waals surface area contributed by atoms with Crippen molar-refractivity contribution in [3.63, 3.8) is 0 Å². The summed E-state index contributed by atoms with van der Waals surface area (Å²) < 4.78 is 5.54. The van der Waals surface area contributed by atoms with Gasteiger partial charge in [-0.05, 0) is 18.2 Å². The molecule has 1 aromatic carbocycles. The van der Waals surface area contributed by atoms with Crippen molar-refractivity contribution in [1.29, 1.82) is 0 Å². The highest BCUT2D eigenvalue weighted by Gasteiger charge is 2.12. The average Bonchev–Trinajstić information content (AvgIpc) is 2.27. The minimum atomic E-state index is -0.477. The van der Waals surface area contributed by atoms with Crippen molar-refractivity contribution in [2.75, 3.05) is 12.8 Å². The van der Waals surface area contributed by atoms with Crippen LogP contribution in [0.4, 0.5) is 5.82 Å². The van der Waals surface area contributed by atoms with Crippen LogP contribution in [-0.2, 0) is 4.74 Å². The molecule has 5 heteroatoms. The topological polar surface area (TPSA) is 65.2 Å². The number of hydrogen-bond donors (Lipinski definition) is 1. The number of fused-ring (bicyclic) bond motifs is 1. The Balaban J connectivity index is 2.67. The molecule has 0 saturated carbocycles. The Morgan fingerprint density at radius 2 is 2.19 bits per heavy atom. The van der Waals surface area contributed by atoms with E-state index >= 15 is 0 Å². The molecule has 0 saturated heterocycles. The lowest BCUT2D eigenvalue weighted by atomic mass is 10.1. The lowest BCUT2D eigenvalue weighted by Crippen LogP contribution is -2.07. The molecule has 0 radical (unpaired) electrons. The van der Waals surface area contributed by atoms with E-state index in [2.05, 4.69) is 25.7 Å². The lowest BCUT2D eigenvalue weighted by Gasteiger charge is -2.05. The van der Waals surface area contributed by atoms with Crippen LogP contribution in [0.25, 0.3) is 10.9 Å². The molecule has 0 atom stereocenters. The van der Waals surface area contributed by atoms with Crippen molar-refractivity contribution in [3.8, 4) is 0 Å². The van der Waals surface area contributed by atoms with Gasteiger partial charge in [0.15, 0.2) is 0 Å². The minimum Gasteiger partial charge on any atom is -0.465 e. The molecular formula is C11H9BrN2O2. The number of aromatic nitrogens is 1. The molecule has 2 N–H and O–H groups in total. The molecule has 0 unspecified atom stereocenters. The van der Waals surface area contributed by atoms with Gasteiger partial charge in [0.2, 0.25) is 0 Å². The van der Waals surface area contributed by atoms with Gasteiger partial charge in [0.25, 0.3) is 0 Å². The fourth-order valence-electron chi connectivity index (χ4n) is 1.43. The Kier molecular flexibility index (Phi) is 2.78. The summed E-state index contributed by atoms with van der Waals surface area (Å²) >= 11 is 3.35. The largest absolute Gasteiger partial charge is 0.465 e. The van der Waals surface area contributed by atoms with Gasteiger partial charge in [0.1, 0.15) is 11.4 Å². The molecule has 0 aliphatic carbocycles. The molecule has 0 amide bonds. The van der Waals surface area contributed by atoms with Gasteiger partial charge in [-0.3, -0.25) is 0 Å². The molecule has 2 aromatic rings.